The van der Waals surface area contributed by atoms with Gasteiger partial charge in [-0.25, -0.2) is 10.4 Å². The summed E-state index contributed by atoms with van der Waals surface area (Å²) in [6.45, 7) is 0.543. The average Bonchev–Trinajstić information content (AvgIpc) is 2.69. The number of hydrogen-bond donors (Lipinski definition) is 1. The van der Waals surface area contributed by atoms with Gasteiger partial charge in [0.15, 0.2) is 0 Å². The highest BCUT2D eigenvalue weighted by Crippen LogP contribution is 2.33. The third kappa shape index (κ3) is 3.12. The summed E-state index contributed by atoms with van der Waals surface area (Å²) in [7, 11) is 0. The van der Waals surface area contributed by atoms with Crippen LogP contribution in [0, 0.1) is 0 Å². The zero-order chi connectivity index (χ0) is 17.1. The van der Waals surface area contributed by atoms with Crippen LogP contribution < -0.4 is 10.2 Å². The van der Waals surface area contributed by atoms with E-state index in [1.54, 1.807) is 11.1 Å². The van der Waals surface area contributed by atoms with Crippen LogP contribution in [0.1, 0.15) is 27.7 Å². The number of para-hydroxylation sites is 1. The first-order chi connectivity index (χ1) is 12.3. The van der Waals surface area contributed by atoms with Crippen molar-refractivity contribution in [1.29, 1.82) is 0 Å². The zero-order valence-corrected chi connectivity index (χ0v) is 13.6. The third-order valence-electron chi connectivity index (χ3n) is 4.19. The molecule has 3 aromatic rings. The number of hydrogen-bond acceptors (Lipinski definition) is 3. The van der Waals surface area contributed by atoms with Gasteiger partial charge in [-0.2, -0.15) is 0 Å². The molecule has 4 heteroatoms. The van der Waals surface area contributed by atoms with Crippen LogP contribution >= 0.6 is 0 Å². The van der Waals surface area contributed by atoms with Crippen LogP contribution in [0.15, 0.2) is 84.9 Å². The maximum absolute atomic E-state index is 13.0. The van der Waals surface area contributed by atoms with E-state index in [1.165, 1.54) is 0 Å². The van der Waals surface area contributed by atoms with Gasteiger partial charge in [0.2, 0.25) is 6.23 Å². The molecule has 3 aromatic carbocycles. The van der Waals surface area contributed by atoms with Crippen LogP contribution in [-0.2, 0) is 6.54 Å². The van der Waals surface area contributed by atoms with Crippen molar-refractivity contribution in [2.45, 2.75) is 12.8 Å². The van der Waals surface area contributed by atoms with Crippen LogP contribution in [0.25, 0.3) is 0 Å². The van der Waals surface area contributed by atoms with E-state index in [0.29, 0.717) is 17.9 Å². The van der Waals surface area contributed by atoms with Crippen molar-refractivity contribution in [2.75, 3.05) is 0 Å². The highest BCUT2D eigenvalue weighted by atomic mass is 16.5. The number of nitrogens with zero attached hydrogens (tertiary/aromatic N) is 1. The van der Waals surface area contributed by atoms with Crippen LogP contribution in [0.3, 0.4) is 0 Å². The van der Waals surface area contributed by atoms with E-state index < -0.39 is 6.23 Å². The molecule has 0 bridgehead atoms. The van der Waals surface area contributed by atoms with Gasteiger partial charge < -0.3 is 4.74 Å². The Morgan fingerprint density at radius 3 is 2.24 bits per heavy atom. The number of rotatable bonds is 4. The molecule has 0 saturated heterocycles. The molecule has 0 fully saturated rings. The molecule has 4 rings (SSSR count). The number of amides is 1. The summed E-state index contributed by atoms with van der Waals surface area (Å²) in [5.74, 6) is 0.519. The molecule has 1 atom stereocenters. The molecule has 0 saturated carbocycles. The Hall–Kier alpha value is -3.11. The Kier molecular flexibility index (Phi) is 4.19. The molecule has 4 nitrogen and oxygen atoms in total. The van der Waals surface area contributed by atoms with Crippen molar-refractivity contribution in [2.24, 2.45) is 0 Å². The SMILES string of the molecule is O=C1c2ccccc2OC(c2ccccc2)N1NCc1ccccc1. The van der Waals surface area contributed by atoms with Crippen molar-refractivity contribution >= 4 is 5.91 Å². The normalized spacial score (nSPS) is 16.2. The van der Waals surface area contributed by atoms with Gasteiger partial charge in [0.1, 0.15) is 5.75 Å². The van der Waals surface area contributed by atoms with E-state index in [2.05, 4.69) is 5.43 Å². The second-order valence-corrected chi connectivity index (χ2v) is 5.87. The molecule has 1 aliphatic heterocycles. The summed E-state index contributed by atoms with van der Waals surface area (Å²) in [4.78, 5) is 13.0. The number of ether oxygens (including phenoxy) is 1. The summed E-state index contributed by atoms with van der Waals surface area (Å²) in [5, 5.41) is 1.57. The van der Waals surface area contributed by atoms with Gasteiger partial charge in [-0.1, -0.05) is 72.8 Å². The van der Waals surface area contributed by atoms with E-state index in [4.69, 9.17) is 4.74 Å². The highest BCUT2D eigenvalue weighted by Gasteiger charge is 2.34. The van der Waals surface area contributed by atoms with Crippen molar-refractivity contribution in [3.8, 4) is 5.75 Å². The van der Waals surface area contributed by atoms with Crippen LogP contribution in [-0.4, -0.2) is 10.9 Å². The minimum Gasteiger partial charge on any atom is -0.464 e. The topological polar surface area (TPSA) is 41.6 Å². The number of fused-ring (bicyclic) bond motifs is 1. The molecule has 0 radical (unpaired) electrons. The number of benzene rings is 3. The fourth-order valence-electron chi connectivity index (χ4n) is 2.92. The molecule has 1 amide bonds. The van der Waals surface area contributed by atoms with Gasteiger partial charge in [0, 0.05) is 12.1 Å². The zero-order valence-electron chi connectivity index (χ0n) is 13.6. The fraction of sp³-hybridized carbons (Fsp3) is 0.0952. The molecule has 1 heterocycles. The summed E-state index contributed by atoms with van der Waals surface area (Å²) in [6, 6.07) is 27.1. The number of hydrazine groups is 1. The lowest BCUT2D eigenvalue weighted by Gasteiger charge is -2.37. The van der Waals surface area contributed by atoms with Gasteiger partial charge in [0.25, 0.3) is 5.91 Å². The molecule has 1 unspecified atom stereocenters. The standard InChI is InChI=1S/C21H18N2O2/c24-20-18-13-7-8-14-19(18)25-21(17-11-5-2-6-12-17)23(20)22-15-16-9-3-1-4-10-16/h1-14,21-22H,15H2. The Morgan fingerprint density at radius 1 is 0.840 bits per heavy atom. The summed E-state index contributed by atoms with van der Waals surface area (Å²) >= 11 is 0. The maximum Gasteiger partial charge on any atom is 0.275 e. The third-order valence-corrected chi connectivity index (χ3v) is 4.19. The number of carbonyl (C=O) groups excluding carboxylic acids is 1. The number of nitrogens with one attached hydrogen (secondary N) is 1. The molecule has 0 spiro atoms. The maximum atomic E-state index is 13.0. The van der Waals surface area contributed by atoms with Crippen molar-refractivity contribution in [1.82, 2.24) is 10.4 Å². The summed E-state index contributed by atoms with van der Waals surface area (Å²) in [5.41, 5.74) is 5.82. The quantitative estimate of drug-likeness (QED) is 0.788. The lowest BCUT2D eigenvalue weighted by molar-refractivity contribution is -0.0176. The molecule has 0 aromatic heterocycles. The first-order valence-corrected chi connectivity index (χ1v) is 8.24. The average molecular weight is 330 g/mol. The van der Waals surface area contributed by atoms with Crippen molar-refractivity contribution in [3.63, 3.8) is 0 Å². The second-order valence-electron chi connectivity index (χ2n) is 5.87. The van der Waals surface area contributed by atoms with E-state index in [9.17, 15) is 4.79 Å². The molecule has 124 valence electrons. The Labute approximate surface area is 146 Å². The van der Waals surface area contributed by atoms with Crippen molar-refractivity contribution < 1.29 is 9.53 Å². The highest BCUT2D eigenvalue weighted by molar-refractivity contribution is 5.97. The van der Waals surface area contributed by atoms with Gasteiger partial charge in [0.05, 0.1) is 5.56 Å². The first-order valence-electron chi connectivity index (χ1n) is 8.24. The molecule has 0 aliphatic carbocycles. The predicted octanol–water partition coefficient (Wildman–Crippen LogP) is 3.92. The smallest absolute Gasteiger partial charge is 0.275 e. The fourth-order valence-corrected chi connectivity index (χ4v) is 2.92. The van der Waals surface area contributed by atoms with Gasteiger partial charge in [-0.3, -0.25) is 4.79 Å². The van der Waals surface area contributed by atoms with Crippen LogP contribution in [0.5, 0.6) is 5.75 Å². The van der Waals surface area contributed by atoms with E-state index >= 15 is 0 Å². The Morgan fingerprint density at radius 2 is 1.48 bits per heavy atom. The van der Waals surface area contributed by atoms with Gasteiger partial charge in [-0.05, 0) is 17.7 Å². The molecule has 1 N–H and O–H groups in total. The lowest BCUT2D eigenvalue weighted by atomic mass is 10.1. The van der Waals surface area contributed by atoms with Gasteiger partial charge in [-0.15, -0.1) is 0 Å². The monoisotopic (exact) mass is 330 g/mol. The molecular weight excluding hydrogens is 312 g/mol. The predicted molar refractivity (Wildman–Crippen MR) is 95.7 cm³/mol. The lowest BCUT2D eigenvalue weighted by Crippen LogP contribution is -2.49. The van der Waals surface area contributed by atoms with E-state index in [1.807, 2.05) is 78.9 Å². The molecular formula is C21H18N2O2. The number of carbonyl (C=O) groups is 1. The summed E-state index contributed by atoms with van der Waals surface area (Å²) < 4.78 is 6.13. The first kappa shape index (κ1) is 15.4. The van der Waals surface area contributed by atoms with Crippen molar-refractivity contribution in [3.05, 3.63) is 102 Å². The Balaban J connectivity index is 1.66. The van der Waals surface area contributed by atoms with E-state index in [0.717, 1.165) is 11.1 Å². The minimum atomic E-state index is -0.507. The minimum absolute atomic E-state index is 0.0911. The summed E-state index contributed by atoms with van der Waals surface area (Å²) in [6.07, 6.45) is -0.507. The molecule has 25 heavy (non-hydrogen) atoms. The molecule has 1 aliphatic rings. The van der Waals surface area contributed by atoms with Gasteiger partial charge >= 0.3 is 0 Å². The van der Waals surface area contributed by atoms with Crippen LogP contribution in [0.2, 0.25) is 0 Å². The second kappa shape index (κ2) is 6.79. The Bertz CT molecular complexity index is 865. The van der Waals surface area contributed by atoms with Crippen LogP contribution in [0.4, 0.5) is 0 Å². The van der Waals surface area contributed by atoms with E-state index in [-0.39, 0.29) is 5.91 Å². The largest absolute Gasteiger partial charge is 0.464 e.